The standard InChI is InChI=1S/C14H18N2OS2/c1-14(2,3)9-4-5-10-8(6-9)7-11(19-10)12-15-16-13(18)17-12/h7,9H,4-6H2,1-3H3,(H,16,18)/t9-/m1/s1. The number of nitrogens with zero attached hydrogens (tertiary/aromatic N) is 1. The van der Waals surface area contributed by atoms with Crippen molar-refractivity contribution in [2.75, 3.05) is 0 Å². The summed E-state index contributed by atoms with van der Waals surface area (Å²) in [5.74, 6) is 1.38. The number of thiophene rings is 1. The summed E-state index contributed by atoms with van der Waals surface area (Å²) in [5.41, 5.74) is 1.85. The van der Waals surface area contributed by atoms with Crippen LogP contribution in [0.1, 0.15) is 37.6 Å². The van der Waals surface area contributed by atoms with Gasteiger partial charge in [0.1, 0.15) is 0 Å². The van der Waals surface area contributed by atoms with Crippen LogP contribution in [-0.2, 0) is 12.8 Å². The van der Waals surface area contributed by atoms with Crippen LogP contribution in [0.15, 0.2) is 10.5 Å². The van der Waals surface area contributed by atoms with E-state index in [0.717, 1.165) is 10.8 Å². The zero-order valence-corrected chi connectivity index (χ0v) is 13.1. The molecule has 2 heterocycles. The van der Waals surface area contributed by atoms with E-state index in [9.17, 15) is 0 Å². The van der Waals surface area contributed by atoms with E-state index in [2.05, 4.69) is 37.0 Å². The molecule has 0 unspecified atom stereocenters. The molecule has 1 atom stereocenters. The number of aromatic amines is 1. The maximum absolute atomic E-state index is 5.40. The molecule has 0 aromatic carbocycles. The van der Waals surface area contributed by atoms with Crippen LogP contribution in [0.25, 0.3) is 10.8 Å². The molecule has 1 aliphatic carbocycles. The lowest BCUT2D eigenvalue weighted by atomic mass is 9.72. The number of fused-ring (bicyclic) bond motifs is 1. The van der Waals surface area contributed by atoms with Gasteiger partial charge in [0.25, 0.3) is 10.7 Å². The topological polar surface area (TPSA) is 41.8 Å². The summed E-state index contributed by atoms with van der Waals surface area (Å²) in [6.07, 6.45) is 3.62. The minimum Gasteiger partial charge on any atom is -0.408 e. The summed E-state index contributed by atoms with van der Waals surface area (Å²) in [5, 5.41) is 6.80. The molecule has 0 saturated heterocycles. The van der Waals surface area contributed by atoms with Crippen molar-refractivity contribution in [1.82, 2.24) is 10.2 Å². The average Bonchev–Trinajstić information content (AvgIpc) is 2.92. The molecule has 2 aromatic rings. The van der Waals surface area contributed by atoms with Crippen LogP contribution >= 0.6 is 23.6 Å². The Bertz CT molecular complexity index is 645. The van der Waals surface area contributed by atoms with Crippen LogP contribution < -0.4 is 0 Å². The van der Waals surface area contributed by atoms with Gasteiger partial charge in [-0.1, -0.05) is 20.8 Å². The second kappa shape index (κ2) is 4.56. The van der Waals surface area contributed by atoms with Crippen molar-refractivity contribution < 1.29 is 4.42 Å². The number of rotatable bonds is 1. The molecular weight excluding hydrogens is 276 g/mol. The van der Waals surface area contributed by atoms with Crippen LogP contribution in [-0.4, -0.2) is 10.2 Å². The van der Waals surface area contributed by atoms with Crippen molar-refractivity contribution >= 4 is 23.6 Å². The maximum atomic E-state index is 5.40. The molecular formula is C14H18N2OS2. The van der Waals surface area contributed by atoms with Gasteiger partial charge in [0.05, 0.1) is 4.88 Å². The van der Waals surface area contributed by atoms with Gasteiger partial charge in [-0.25, -0.2) is 5.10 Å². The third kappa shape index (κ3) is 2.54. The lowest BCUT2D eigenvalue weighted by molar-refractivity contribution is 0.217. The fourth-order valence-corrected chi connectivity index (χ4v) is 3.96. The Labute approximate surface area is 122 Å². The van der Waals surface area contributed by atoms with E-state index in [4.69, 9.17) is 16.6 Å². The van der Waals surface area contributed by atoms with Crippen LogP contribution in [0.3, 0.4) is 0 Å². The largest absolute Gasteiger partial charge is 0.408 e. The summed E-state index contributed by atoms with van der Waals surface area (Å²) < 4.78 is 5.40. The first-order valence-electron chi connectivity index (χ1n) is 6.61. The van der Waals surface area contributed by atoms with Gasteiger partial charge in [-0.15, -0.1) is 16.4 Å². The molecule has 19 heavy (non-hydrogen) atoms. The SMILES string of the molecule is CC(C)(C)[C@@H]1CCc2sc(-c3n[nH]c(=S)o3)cc2C1. The Balaban J connectivity index is 1.91. The summed E-state index contributed by atoms with van der Waals surface area (Å²) in [6, 6.07) is 2.23. The maximum Gasteiger partial charge on any atom is 0.284 e. The van der Waals surface area contributed by atoms with Gasteiger partial charge in [0.15, 0.2) is 0 Å². The van der Waals surface area contributed by atoms with Gasteiger partial charge in [-0.3, -0.25) is 0 Å². The summed E-state index contributed by atoms with van der Waals surface area (Å²) >= 11 is 6.72. The second-order valence-corrected chi connectivity index (χ2v) is 7.79. The number of nitrogens with one attached hydrogen (secondary N) is 1. The number of aromatic nitrogens is 2. The van der Waals surface area contributed by atoms with Gasteiger partial charge < -0.3 is 4.42 Å². The van der Waals surface area contributed by atoms with Gasteiger partial charge >= 0.3 is 0 Å². The predicted molar refractivity (Wildman–Crippen MR) is 80.0 cm³/mol. The Kier molecular flexibility index (Phi) is 3.14. The van der Waals surface area contributed by atoms with Crippen LogP contribution in [0, 0.1) is 16.2 Å². The lowest BCUT2D eigenvalue weighted by Crippen LogP contribution is -2.26. The minimum atomic E-state index is 0.342. The fourth-order valence-electron chi connectivity index (χ4n) is 2.70. The molecule has 2 aromatic heterocycles. The number of hydrogen-bond acceptors (Lipinski definition) is 4. The average molecular weight is 294 g/mol. The molecule has 3 nitrogen and oxygen atoms in total. The van der Waals surface area contributed by atoms with Crippen molar-refractivity contribution in [3.8, 4) is 10.8 Å². The highest BCUT2D eigenvalue weighted by atomic mass is 32.1. The van der Waals surface area contributed by atoms with Gasteiger partial charge in [0.2, 0.25) is 0 Å². The number of H-pyrrole nitrogens is 1. The highest BCUT2D eigenvalue weighted by molar-refractivity contribution is 7.71. The smallest absolute Gasteiger partial charge is 0.284 e. The highest BCUT2D eigenvalue weighted by Crippen LogP contribution is 2.41. The molecule has 1 N–H and O–H groups in total. The van der Waals surface area contributed by atoms with Crippen LogP contribution in [0.5, 0.6) is 0 Å². The van der Waals surface area contributed by atoms with E-state index in [1.165, 1.54) is 29.7 Å². The molecule has 0 amide bonds. The van der Waals surface area contributed by atoms with E-state index in [1.54, 1.807) is 11.3 Å². The minimum absolute atomic E-state index is 0.342. The Morgan fingerprint density at radius 2 is 2.26 bits per heavy atom. The molecule has 0 saturated carbocycles. The second-order valence-electron chi connectivity index (χ2n) is 6.28. The molecule has 0 aliphatic heterocycles. The van der Waals surface area contributed by atoms with Crippen molar-refractivity contribution in [1.29, 1.82) is 0 Å². The first-order chi connectivity index (χ1) is 8.93. The monoisotopic (exact) mass is 294 g/mol. The zero-order chi connectivity index (χ0) is 13.6. The first kappa shape index (κ1) is 13.1. The van der Waals surface area contributed by atoms with Crippen LogP contribution in [0.4, 0.5) is 0 Å². The number of hydrogen-bond donors (Lipinski definition) is 1. The Morgan fingerprint density at radius 1 is 1.47 bits per heavy atom. The lowest BCUT2D eigenvalue weighted by Gasteiger charge is -2.33. The quantitative estimate of drug-likeness (QED) is 0.781. The van der Waals surface area contributed by atoms with E-state index >= 15 is 0 Å². The Morgan fingerprint density at radius 3 is 2.89 bits per heavy atom. The highest BCUT2D eigenvalue weighted by Gasteiger charge is 2.30. The molecule has 0 radical (unpaired) electrons. The van der Waals surface area contributed by atoms with Crippen molar-refractivity contribution in [3.63, 3.8) is 0 Å². The summed E-state index contributed by atoms with van der Waals surface area (Å²) in [6.45, 7) is 7.01. The molecule has 1 aliphatic rings. The molecule has 0 fully saturated rings. The predicted octanol–water partition coefficient (Wildman–Crippen LogP) is 4.61. The zero-order valence-electron chi connectivity index (χ0n) is 11.4. The molecule has 0 bridgehead atoms. The molecule has 3 rings (SSSR count). The molecule has 5 heteroatoms. The van der Waals surface area contributed by atoms with Gasteiger partial charge in [-0.05, 0) is 54.4 Å². The Hall–Kier alpha value is -0.940. The molecule has 0 spiro atoms. The van der Waals surface area contributed by atoms with Crippen molar-refractivity contribution in [2.45, 2.75) is 40.0 Å². The van der Waals surface area contributed by atoms with Crippen LogP contribution in [0.2, 0.25) is 0 Å². The van der Waals surface area contributed by atoms with Gasteiger partial charge in [0, 0.05) is 4.88 Å². The fraction of sp³-hybridized carbons (Fsp3) is 0.571. The van der Waals surface area contributed by atoms with Crippen molar-refractivity contribution in [2.24, 2.45) is 11.3 Å². The van der Waals surface area contributed by atoms with E-state index in [-0.39, 0.29) is 0 Å². The molecule has 102 valence electrons. The normalized spacial score (nSPS) is 19.4. The van der Waals surface area contributed by atoms with E-state index < -0.39 is 0 Å². The number of aryl methyl sites for hydroxylation is 1. The summed E-state index contributed by atoms with van der Waals surface area (Å²) in [4.78, 5) is 2.92. The summed E-state index contributed by atoms with van der Waals surface area (Å²) in [7, 11) is 0. The third-order valence-corrected chi connectivity index (χ3v) is 5.36. The van der Waals surface area contributed by atoms with Gasteiger partial charge in [-0.2, -0.15) is 0 Å². The third-order valence-electron chi connectivity index (χ3n) is 3.96. The first-order valence-corrected chi connectivity index (χ1v) is 7.83. The van der Waals surface area contributed by atoms with E-state index in [0.29, 0.717) is 16.1 Å². The van der Waals surface area contributed by atoms with Crippen molar-refractivity contribution in [3.05, 3.63) is 21.3 Å². The van der Waals surface area contributed by atoms with E-state index in [1.807, 2.05) is 0 Å².